The van der Waals surface area contributed by atoms with Crippen LogP contribution in [0.2, 0.25) is 0 Å². The number of hydrogen-bond acceptors (Lipinski definition) is 5. The second-order valence-corrected chi connectivity index (χ2v) is 5.31. The van der Waals surface area contributed by atoms with Crippen molar-refractivity contribution in [1.29, 1.82) is 0 Å². The number of hydrogen-bond donors (Lipinski definition) is 2. The highest BCUT2D eigenvalue weighted by molar-refractivity contribution is 5.65. The van der Waals surface area contributed by atoms with Gasteiger partial charge < -0.3 is 15.4 Å². The Morgan fingerprint density at radius 2 is 1.62 bits per heavy atom. The molecule has 0 bridgehead atoms. The number of nitrogens with one attached hydrogen (secondary N) is 2. The van der Waals surface area contributed by atoms with Crippen LogP contribution >= 0.6 is 0 Å². The number of aromatic nitrogens is 2. The van der Waals surface area contributed by atoms with E-state index in [0.29, 0.717) is 11.6 Å². The van der Waals surface area contributed by atoms with Gasteiger partial charge in [0.2, 0.25) is 0 Å². The van der Waals surface area contributed by atoms with Crippen LogP contribution in [0, 0.1) is 0 Å². The molecular formula is C18H15F3N4O. The van der Waals surface area contributed by atoms with Crippen LogP contribution in [0.4, 0.5) is 36.2 Å². The molecule has 0 aliphatic heterocycles. The van der Waals surface area contributed by atoms with Crippen molar-refractivity contribution in [1.82, 2.24) is 9.97 Å². The van der Waals surface area contributed by atoms with Crippen molar-refractivity contribution in [3.8, 4) is 5.75 Å². The zero-order valence-electron chi connectivity index (χ0n) is 13.7. The SMILES string of the molecule is COc1cccc(Nc2cc(Nc3ccccc3C(F)(F)F)ncn2)c1. The van der Waals surface area contributed by atoms with E-state index < -0.39 is 11.7 Å². The molecule has 134 valence electrons. The molecule has 8 heteroatoms. The minimum Gasteiger partial charge on any atom is -0.497 e. The van der Waals surface area contributed by atoms with Crippen molar-refractivity contribution < 1.29 is 17.9 Å². The molecule has 0 fully saturated rings. The van der Waals surface area contributed by atoms with Crippen molar-refractivity contribution in [3.05, 3.63) is 66.5 Å². The van der Waals surface area contributed by atoms with Gasteiger partial charge in [-0.2, -0.15) is 13.2 Å². The first-order valence-electron chi connectivity index (χ1n) is 7.62. The average Bonchev–Trinajstić information content (AvgIpc) is 2.62. The predicted molar refractivity (Wildman–Crippen MR) is 93.0 cm³/mol. The number of methoxy groups -OCH3 is 1. The number of alkyl halides is 3. The normalized spacial score (nSPS) is 11.1. The van der Waals surface area contributed by atoms with Crippen LogP contribution in [-0.4, -0.2) is 17.1 Å². The van der Waals surface area contributed by atoms with Gasteiger partial charge in [-0.1, -0.05) is 18.2 Å². The third-order valence-electron chi connectivity index (χ3n) is 3.50. The van der Waals surface area contributed by atoms with Crippen LogP contribution in [0.25, 0.3) is 0 Å². The minimum atomic E-state index is -4.46. The highest BCUT2D eigenvalue weighted by atomic mass is 19.4. The summed E-state index contributed by atoms with van der Waals surface area (Å²) in [4.78, 5) is 8.06. The summed E-state index contributed by atoms with van der Waals surface area (Å²) in [6.45, 7) is 0. The fourth-order valence-corrected chi connectivity index (χ4v) is 2.32. The Kier molecular flexibility index (Phi) is 4.92. The Hall–Kier alpha value is -3.29. The second-order valence-electron chi connectivity index (χ2n) is 5.31. The van der Waals surface area contributed by atoms with Gasteiger partial charge in [-0.3, -0.25) is 0 Å². The lowest BCUT2D eigenvalue weighted by molar-refractivity contribution is -0.136. The Bertz CT molecular complexity index is 899. The Balaban J connectivity index is 1.82. The lowest BCUT2D eigenvalue weighted by atomic mass is 10.1. The van der Waals surface area contributed by atoms with Gasteiger partial charge in [0, 0.05) is 17.8 Å². The topological polar surface area (TPSA) is 59.1 Å². The summed E-state index contributed by atoms with van der Waals surface area (Å²) < 4.78 is 44.4. The molecule has 1 heterocycles. The van der Waals surface area contributed by atoms with Gasteiger partial charge in [-0.05, 0) is 24.3 Å². The molecule has 2 N–H and O–H groups in total. The van der Waals surface area contributed by atoms with Crippen LogP contribution in [0.5, 0.6) is 5.75 Å². The van der Waals surface area contributed by atoms with E-state index in [1.54, 1.807) is 25.3 Å². The lowest BCUT2D eigenvalue weighted by Crippen LogP contribution is -2.09. The Morgan fingerprint density at radius 3 is 2.35 bits per heavy atom. The third-order valence-corrected chi connectivity index (χ3v) is 3.50. The number of nitrogens with zero attached hydrogens (tertiary/aromatic N) is 2. The van der Waals surface area contributed by atoms with Gasteiger partial charge in [-0.25, -0.2) is 9.97 Å². The smallest absolute Gasteiger partial charge is 0.418 e. The van der Waals surface area contributed by atoms with Crippen LogP contribution in [0.15, 0.2) is 60.9 Å². The fourth-order valence-electron chi connectivity index (χ4n) is 2.32. The molecule has 0 aliphatic carbocycles. The summed E-state index contributed by atoms with van der Waals surface area (Å²) in [5, 5.41) is 5.75. The summed E-state index contributed by atoms with van der Waals surface area (Å²) in [6, 6.07) is 13.9. The highest BCUT2D eigenvalue weighted by Gasteiger charge is 2.33. The number of halogens is 3. The van der Waals surface area contributed by atoms with Gasteiger partial charge in [0.25, 0.3) is 0 Å². The molecule has 0 saturated heterocycles. The fraction of sp³-hybridized carbons (Fsp3) is 0.111. The molecular weight excluding hydrogens is 345 g/mol. The van der Waals surface area contributed by atoms with Crippen molar-refractivity contribution in [2.24, 2.45) is 0 Å². The molecule has 3 aromatic rings. The first kappa shape index (κ1) is 17.5. The molecule has 0 amide bonds. The van der Waals surface area contributed by atoms with E-state index in [-0.39, 0.29) is 11.5 Å². The van der Waals surface area contributed by atoms with E-state index in [1.807, 2.05) is 6.07 Å². The number of anilines is 4. The van der Waals surface area contributed by atoms with Gasteiger partial charge in [0.1, 0.15) is 23.7 Å². The maximum Gasteiger partial charge on any atom is 0.418 e. The number of rotatable bonds is 5. The molecule has 0 saturated carbocycles. The van der Waals surface area contributed by atoms with E-state index in [4.69, 9.17) is 4.74 Å². The van der Waals surface area contributed by atoms with Crippen molar-refractivity contribution >= 4 is 23.0 Å². The third kappa shape index (κ3) is 4.21. The molecule has 5 nitrogen and oxygen atoms in total. The van der Waals surface area contributed by atoms with E-state index in [2.05, 4.69) is 20.6 Å². The summed E-state index contributed by atoms with van der Waals surface area (Å²) >= 11 is 0. The standard InChI is InChI=1S/C18H15F3N4O/c1-26-13-6-4-5-12(9-13)24-16-10-17(23-11-22-16)25-15-8-3-2-7-14(15)18(19,20)21/h2-11H,1H3,(H2,22,23,24,25). The maximum absolute atomic E-state index is 13.1. The summed E-state index contributed by atoms with van der Waals surface area (Å²) in [7, 11) is 1.56. The van der Waals surface area contributed by atoms with Gasteiger partial charge in [-0.15, -0.1) is 0 Å². The monoisotopic (exact) mass is 360 g/mol. The molecule has 0 spiro atoms. The molecule has 2 aromatic carbocycles. The van der Waals surface area contributed by atoms with E-state index in [9.17, 15) is 13.2 Å². The number of para-hydroxylation sites is 1. The summed E-state index contributed by atoms with van der Waals surface area (Å²) in [6.07, 6.45) is -3.20. The van der Waals surface area contributed by atoms with Crippen LogP contribution < -0.4 is 15.4 Å². The number of benzene rings is 2. The van der Waals surface area contributed by atoms with Crippen molar-refractivity contribution in [2.75, 3.05) is 17.7 Å². The Morgan fingerprint density at radius 1 is 0.885 bits per heavy atom. The lowest BCUT2D eigenvalue weighted by Gasteiger charge is -2.14. The predicted octanol–water partition coefficient (Wildman–Crippen LogP) is 4.99. The van der Waals surface area contributed by atoms with Gasteiger partial charge >= 0.3 is 6.18 Å². The minimum absolute atomic E-state index is 0.0777. The molecule has 0 radical (unpaired) electrons. The summed E-state index contributed by atoms with van der Waals surface area (Å²) in [5.41, 5.74) is -0.114. The van der Waals surface area contributed by atoms with Crippen molar-refractivity contribution in [2.45, 2.75) is 6.18 Å². The molecule has 3 rings (SSSR count). The van der Waals surface area contributed by atoms with E-state index in [1.165, 1.54) is 30.6 Å². The van der Waals surface area contributed by atoms with Gasteiger partial charge in [0.05, 0.1) is 18.4 Å². The quantitative estimate of drug-likeness (QED) is 0.671. The van der Waals surface area contributed by atoms with Crippen LogP contribution in [-0.2, 0) is 6.18 Å². The van der Waals surface area contributed by atoms with E-state index >= 15 is 0 Å². The molecule has 0 aliphatic rings. The molecule has 26 heavy (non-hydrogen) atoms. The first-order valence-corrected chi connectivity index (χ1v) is 7.62. The van der Waals surface area contributed by atoms with E-state index in [0.717, 1.165) is 11.8 Å². The molecule has 1 aromatic heterocycles. The first-order chi connectivity index (χ1) is 12.5. The zero-order chi connectivity index (χ0) is 18.6. The Labute approximate surface area is 147 Å². The summed E-state index contributed by atoms with van der Waals surface area (Å²) in [5.74, 6) is 1.34. The maximum atomic E-state index is 13.1. The second kappa shape index (κ2) is 7.30. The molecule has 0 atom stereocenters. The number of ether oxygens (including phenoxy) is 1. The zero-order valence-corrected chi connectivity index (χ0v) is 13.7. The average molecular weight is 360 g/mol. The van der Waals surface area contributed by atoms with Crippen LogP contribution in [0.3, 0.4) is 0 Å². The largest absolute Gasteiger partial charge is 0.497 e. The molecule has 0 unspecified atom stereocenters. The van der Waals surface area contributed by atoms with Crippen molar-refractivity contribution in [3.63, 3.8) is 0 Å². The van der Waals surface area contributed by atoms with Crippen LogP contribution in [0.1, 0.15) is 5.56 Å². The van der Waals surface area contributed by atoms with Gasteiger partial charge in [0.15, 0.2) is 0 Å². The highest BCUT2D eigenvalue weighted by Crippen LogP contribution is 2.35.